The molecule has 0 bridgehead atoms. The van der Waals surface area contributed by atoms with Crippen LogP contribution in [0, 0.1) is 5.92 Å². The number of halogens is 3. The molecular formula is C13H25F3. The average Bonchev–Trinajstić information content (AvgIpc) is 2.19. The second-order valence-electron chi connectivity index (χ2n) is 4.66. The quantitative estimate of drug-likeness (QED) is 0.482. The van der Waals surface area contributed by atoms with Gasteiger partial charge in [0.25, 0.3) is 0 Å². The largest absolute Gasteiger partial charge is 0.389 e. The molecule has 0 fully saturated rings. The van der Waals surface area contributed by atoms with Crippen molar-refractivity contribution in [1.82, 2.24) is 0 Å². The van der Waals surface area contributed by atoms with E-state index in [1.807, 2.05) is 0 Å². The van der Waals surface area contributed by atoms with Crippen molar-refractivity contribution in [3.05, 3.63) is 0 Å². The third-order valence-electron chi connectivity index (χ3n) is 3.00. The summed E-state index contributed by atoms with van der Waals surface area (Å²) in [6, 6.07) is 0. The van der Waals surface area contributed by atoms with Crippen molar-refractivity contribution in [2.45, 2.75) is 77.8 Å². The third kappa shape index (κ3) is 10.3. The Balaban J connectivity index is 3.72. The summed E-state index contributed by atoms with van der Waals surface area (Å²) < 4.78 is 36.0. The predicted octanol–water partition coefficient (Wildman–Crippen LogP) is 5.72. The molecule has 0 aliphatic heterocycles. The molecule has 0 radical (unpaired) electrons. The number of alkyl halides is 3. The lowest BCUT2D eigenvalue weighted by Gasteiger charge is -2.16. The molecule has 0 unspecified atom stereocenters. The van der Waals surface area contributed by atoms with Crippen LogP contribution in [-0.4, -0.2) is 6.18 Å². The SMILES string of the molecule is CCCCC(CCCC)CCCC(F)(F)F. The van der Waals surface area contributed by atoms with Crippen LogP contribution in [0.3, 0.4) is 0 Å². The van der Waals surface area contributed by atoms with Gasteiger partial charge in [-0.25, -0.2) is 0 Å². The molecule has 0 aromatic rings. The molecule has 0 heterocycles. The normalized spacial score (nSPS) is 12.4. The smallest absolute Gasteiger partial charge is 0.171 e. The van der Waals surface area contributed by atoms with Crippen LogP contribution in [0.15, 0.2) is 0 Å². The Labute approximate surface area is 97.6 Å². The zero-order chi connectivity index (χ0) is 12.4. The molecule has 0 aromatic heterocycles. The van der Waals surface area contributed by atoms with E-state index in [1.165, 1.54) is 0 Å². The second-order valence-corrected chi connectivity index (χ2v) is 4.66. The number of hydrogen-bond acceptors (Lipinski definition) is 0. The lowest BCUT2D eigenvalue weighted by molar-refractivity contribution is -0.136. The molecule has 0 spiro atoms. The van der Waals surface area contributed by atoms with Gasteiger partial charge in [-0.3, -0.25) is 0 Å². The predicted molar refractivity (Wildman–Crippen MR) is 62.4 cm³/mol. The number of rotatable bonds is 9. The fourth-order valence-electron chi connectivity index (χ4n) is 2.01. The Morgan fingerprint density at radius 3 is 1.62 bits per heavy atom. The maximum Gasteiger partial charge on any atom is 0.389 e. The molecule has 0 aromatic carbocycles. The van der Waals surface area contributed by atoms with Gasteiger partial charge >= 0.3 is 6.18 Å². The third-order valence-corrected chi connectivity index (χ3v) is 3.00. The molecule has 0 saturated heterocycles. The first-order valence-corrected chi connectivity index (χ1v) is 6.56. The number of unbranched alkanes of at least 4 members (excludes halogenated alkanes) is 2. The van der Waals surface area contributed by atoms with Crippen LogP contribution in [0.5, 0.6) is 0 Å². The summed E-state index contributed by atoms with van der Waals surface area (Å²) in [5, 5.41) is 0. The van der Waals surface area contributed by atoms with E-state index in [9.17, 15) is 13.2 Å². The van der Waals surface area contributed by atoms with Crippen molar-refractivity contribution in [2.75, 3.05) is 0 Å². The van der Waals surface area contributed by atoms with E-state index in [0.717, 1.165) is 44.9 Å². The van der Waals surface area contributed by atoms with Crippen molar-refractivity contribution in [1.29, 1.82) is 0 Å². The van der Waals surface area contributed by atoms with Crippen LogP contribution >= 0.6 is 0 Å². The lowest BCUT2D eigenvalue weighted by Crippen LogP contribution is -2.09. The summed E-state index contributed by atoms with van der Waals surface area (Å²) >= 11 is 0. The van der Waals surface area contributed by atoms with Crippen molar-refractivity contribution in [3.8, 4) is 0 Å². The minimum atomic E-state index is -3.97. The highest BCUT2D eigenvalue weighted by molar-refractivity contribution is 4.62. The lowest BCUT2D eigenvalue weighted by atomic mass is 9.91. The van der Waals surface area contributed by atoms with Crippen molar-refractivity contribution in [3.63, 3.8) is 0 Å². The molecule has 0 nitrogen and oxygen atoms in total. The van der Waals surface area contributed by atoms with Crippen LogP contribution in [-0.2, 0) is 0 Å². The van der Waals surface area contributed by atoms with E-state index in [4.69, 9.17) is 0 Å². The summed E-state index contributed by atoms with van der Waals surface area (Å²) in [6.07, 6.45) is 3.27. The molecule has 0 N–H and O–H groups in total. The minimum Gasteiger partial charge on any atom is -0.171 e. The van der Waals surface area contributed by atoms with E-state index in [0.29, 0.717) is 12.3 Å². The minimum absolute atomic E-state index is 0.307. The Morgan fingerprint density at radius 2 is 1.25 bits per heavy atom. The molecular weight excluding hydrogens is 213 g/mol. The van der Waals surface area contributed by atoms with E-state index in [2.05, 4.69) is 13.8 Å². The highest BCUT2D eigenvalue weighted by Crippen LogP contribution is 2.27. The van der Waals surface area contributed by atoms with Crippen molar-refractivity contribution in [2.24, 2.45) is 5.92 Å². The fraction of sp³-hybridized carbons (Fsp3) is 1.00. The molecule has 3 heteroatoms. The van der Waals surface area contributed by atoms with E-state index in [1.54, 1.807) is 0 Å². The Kier molecular flexibility index (Phi) is 8.77. The Bertz CT molecular complexity index is 144. The van der Waals surface area contributed by atoms with Gasteiger partial charge in [0.1, 0.15) is 0 Å². The fourth-order valence-corrected chi connectivity index (χ4v) is 2.01. The van der Waals surface area contributed by atoms with E-state index >= 15 is 0 Å². The highest BCUT2D eigenvalue weighted by atomic mass is 19.4. The highest BCUT2D eigenvalue weighted by Gasteiger charge is 2.26. The first-order chi connectivity index (χ1) is 7.49. The Morgan fingerprint density at radius 1 is 0.812 bits per heavy atom. The van der Waals surface area contributed by atoms with Gasteiger partial charge in [0, 0.05) is 6.42 Å². The van der Waals surface area contributed by atoms with E-state index in [-0.39, 0.29) is 0 Å². The zero-order valence-electron chi connectivity index (χ0n) is 10.6. The first kappa shape index (κ1) is 15.8. The molecule has 0 saturated carbocycles. The van der Waals surface area contributed by atoms with E-state index < -0.39 is 12.6 Å². The van der Waals surface area contributed by atoms with Crippen LogP contribution in [0.1, 0.15) is 71.6 Å². The van der Waals surface area contributed by atoms with Crippen LogP contribution in [0.25, 0.3) is 0 Å². The van der Waals surface area contributed by atoms with Gasteiger partial charge in [0.05, 0.1) is 0 Å². The van der Waals surface area contributed by atoms with Crippen molar-refractivity contribution >= 4 is 0 Å². The maximum atomic E-state index is 12.0. The van der Waals surface area contributed by atoms with Gasteiger partial charge in [-0.05, 0) is 12.3 Å². The monoisotopic (exact) mass is 238 g/mol. The molecule has 16 heavy (non-hydrogen) atoms. The van der Waals surface area contributed by atoms with Gasteiger partial charge < -0.3 is 0 Å². The molecule has 0 amide bonds. The maximum absolute atomic E-state index is 12.0. The molecule has 0 atom stereocenters. The molecule has 0 aliphatic rings. The molecule has 98 valence electrons. The van der Waals surface area contributed by atoms with Crippen LogP contribution in [0.4, 0.5) is 13.2 Å². The second kappa shape index (κ2) is 8.89. The summed E-state index contributed by atoms with van der Waals surface area (Å²) in [5.41, 5.74) is 0. The summed E-state index contributed by atoms with van der Waals surface area (Å²) in [6.45, 7) is 4.26. The number of hydrogen-bond donors (Lipinski definition) is 0. The van der Waals surface area contributed by atoms with Crippen LogP contribution in [0.2, 0.25) is 0 Å². The summed E-state index contributed by atoms with van der Waals surface area (Å²) in [7, 11) is 0. The first-order valence-electron chi connectivity index (χ1n) is 6.56. The van der Waals surface area contributed by atoms with Gasteiger partial charge in [0.15, 0.2) is 0 Å². The topological polar surface area (TPSA) is 0 Å². The van der Waals surface area contributed by atoms with Crippen LogP contribution < -0.4 is 0 Å². The van der Waals surface area contributed by atoms with Gasteiger partial charge in [0.2, 0.25) is 0 Å². The zero-order valence-corrected chi connectivity index (χ0v) is 10.6. The Hall–Kier alpha value is -0.210. The molecule has 0 rings (SSSR count). The van der Waals surface area contributed by atoms with Gasteiger partial charge in [-0.15, -0.1) is 0 Å². The average molecular weight is 238 g/mol. The summed E-state index contributed by atoms with van der Waals surface area (Å²) in [4.78, 5) is 0. The van der Waals surface area contributed by atoms with Gasteiger partial charge in [-0.1, -0.05) is 58.8 Å². The molecule has 0 aliphatic carbocycles. The standard InChI is InChI=1S/C13H25F3/c1-3-5-8-12(9-6-4-2)10-7-11-13(14,15)16/h12H,3-11H2,1-2H3. The van der Waals surface area contributed by atoms with Gasteiger partial charge in [-0.2, -0.15) is 13.2 Å². The van der Waals surface area contributed by atoms with Crippen molar-refractivity contribution < 1.29 is 13.2 Å². The summed E-state index contributed by atoms with van der Waals surface area (Å²) in [5.74, 6) is 0.516.